The maximum atomic E-state index is 13.4. The lowest BCUT2D eigenvalue weighted by atomic mass is 9.68. The van der Waals surface area contributed by atoms with Crippen molar-refractivity contribution in [1.29, 1.82) is 5.26 Å². The number of hydrogen-bond donors (Lipinski definition) is 2. The van der Waals surface area contributed by atoms with Crippen LogP contribution < -0.4 is 25.8 Å². The summed E-state index contributed by atoms with van der Waals surface area (Å²) in [5.41, 5.74) is 3.81. The molecule has 2 aliphatic rings. The Morgan fingerprint density at radius 1 is 1.34 bits per heavy atom. The quantitative estimate of drug-likeness (QED) is 0.570. The van der Waals surface area contributed by atoms with Crippen molar-refractivity contribution in [2.75, 3.05) is 19.0 Å². The van der Waals surface area contributed by atoms with Gasteiger partial charge in [0.05, 0.1) is 24.9 Å². The maximum Gasteiger partial charge on any atom is 0.338 e. The summed E-state index contributed by atoms with van der Waals surface area (Å²) in [6.07, 6.45) is 0.954. The van der Waals surface area contributed by atoms with E-state index in [1.807, 2.05) is 6.07 Å². The molecule has 4 rings (SSSR count). The summed E-state index contributed by atoms with van der Waals surface area (Å²) in [6.45, 7) is 1.57. The van der Waals surface area contributed by atoms with Crippen LogP contribution in [0.25, 0.3) is 17.5 Å². The Balaban J connectivity index is 2.27. The van der Waals surface area contributed by atoms with Gasteiger partial charge in [0, 0.05) is 17.3 Å². The van der Waals surface area contributed by atoms with Crippen molar-refractivity contribution < 1.29 is 23.9 Å². The number of para-hydroxylation sites is 1. The average Bonchev–Trinajstić information content (AvgIpc) is 3.23. The van der Waals surface area contributed by atoms with Gasteiger partial charge in [-0.1, -0.05) is 18.2 Å². The number of rotatable bonds is 3. The fraction of sp³-hybridized carbons (Fsp3) is 0.190. The van der Waals surface area contributed by atoms with Crippen molar-refractivity contribution in [2.45, 2.75) is 12.3 Å². The van der Waals surface area contributed by atoms with E-state index in [4.69, 9.17) is 10.5 Å². The zero-order chi connectivity index (χ0) is 23.2. The van der Waals surface area contributed by atoms with Gasteiger partial charge in [-0.25, -0.2) is 9.59 Å². The minimum Gasteiger partial charge on any atom is -0.466 e. The third kappa shape index (κ3) is 2.63. The molecule has 11 heteroatoms. The van der Waals surface area contributed by atoms with Gasteiger partial charge in [-0.2, -0.15) is 5.26 Å². The number of ether oxygens (including phenoxy) is 2. The van der Waals surface area contributed by atoms with Gasteiger partial charge < -0.3 is 20.5 Å². The first-order valence-electron chi connectivity index (χ1n) is 9.37. The average molecular weight is 452 g/mol. The number of methoxy groups -OCH3 is 1. The normalized spacial score (nSPS) is 19.3. The number of aromatic nitrogens is 1. The van der Waals surface area contributed by atoms with Gasteiger partial charge in [0.15, 0.2) is 0 Å². The molecule has 0 radical (unpaired) electrons. The van der Waals surface area contributed by atoms with Crippen molar-refractivity contribution in [2.24, 2.45) is 5.73 Å². The highest BCUT2D eigenvalue weighted by molar-refractivity contribution is 7.07. The van der Waals surface area contributed by atoms with Gasteiger partial charge in [-0.3, -0.25) is 14.2 Å². The van der Waals surface area contributed by atoms with Gasteiger partial charge in [-0.05, 0) is 13.0 Å². The molecule has 0 saturated carbocycles. The van der Waals surface area contributed by atoms with Crippen LogP contribution in [0, 0.1) is 11.3 Å². The summed E-state index contributed by atoms with van der Waals surface area (Å²) in [5.74, 6) is -2.67. The summed E-state index contributed by atoms with van der Waals surface area (Å²) >= 11 is 0.774. The van der Waals surface area contributed by atoms with Crippen LogP contribution in [0.15, 0.2) is 34.6 Å². The summed E-state index contributed by atoms with van der Waals surface area (Å²) in [4.78, 5) is 51.4. The van der Waals surface area contributed by atoms with Gasteiger partial charge in [0.1, 0.15) is 26.5 Å². The lowest BCUT2D eigenvalue weighted by molar-refractivity contribution is -0.137. The molecule has 1 aromatic carbocycles. The minimum absolute atomic E-state index is 0.00745. The van der Waals surface area contributed by atoms with Crippen LogP contribution in [0.3, 0.4) is 0 Å². The van der Waals surface area contributed by atoms with Crippen molar-refractivity contribution >= 4 is 52.3 Å². The van der Waals surface area contributed by atoms with Crippen molar-refractivity contribution in [1.82, 2.24) is 4.57 Å². The molecule has 1 aromatic heterocycles. The highest BCUT2D eigenvalue weighted by Crippen LogP contribution is 2.50. The second-order valence-corrected chi connectivity index (χ2v) is 7.83. The van der Waals surface area contributed by atoms with E-state index in [2.05, 4.69) is 10.1 Å². The highest BCUT2D eigenvalue weighted by atomic mass is 32.1. The zero-order valence-electron chi connectivity index (χ0n) is 16.9. The number of nitriles is 1. The molecule has 0 aliphatic carbocycles. The molecule has 10 nitrogen and oxygen atoms in total. The predicted octanol–water partition coefficient (Wildman–Crippen LogP) is -0.868. The Morgan fingerprint density at radius 3 is 2.72 bits per heavy atom. The van der Waals surface area contributed by atoms with Gasteiger partial charge in [0.25, 0.3) is 5.56 Å². The van der Waals surface area contributed by atoms with Crippen LogP contribution in [0.5, 0.6) is 0 Å². The summed E-state index contributed by atoms with van der Waals surface area (Å²) in [5, 5.41) is 12.7. The smallest absolute Gasteiger partial charge is 0.338 e. The lowest BCUT2D eigenvalue weighted by Gasteiger charge is -2.32. The van der Waals surface area contributed by atoms with E-state index in [9.17, 15) is 24.4 Å². The number of anilines is 1. The van der Waals surface area contributed by atoms with E-state index >= 15 is 0 Å². The second kappa shape index (κ2) is 7.51. The molecule has 1 spiro atoms. The number of thiazole rings is 1. The van der Waals surface area contributed by atoms with Crippen molar-refractivity contribution in [3.63, 3.8) is 0 Å². The monoisotopic (exact) mass is 452 g/mol. The van der Waals surface area contributed by atoms with Gasteiger partial charge in [-0.15, -0.1) is 11.3 Å². The van der Waals surface area contributed by atoms with E-state index in [0.29, 0.717) is 11.3 Å². The van der Waals surface area contributed by atoms with E-state index in [0.717, 1.165) is 29.1 Å². The number of esters is 2. The van der Waals surface area contributed by atoms with Crippen LogP contribution in [-0.2, 0) is 29.3 Å². The van der Waals surface area contributed by atoms with Crippen LogP contribution in [-0.4, -0.2) is 36.1 Å². The first-order chi connectivity index (χ1) is 15.3. The summed E-state index contributed by atoms with van der Waals surface area (Å²) in [7, 11) is 1.15. The molecule has 1 atom stereocenters. The Kier molecular flexibility index (Phi) is 4.94. The Bertz CT molecular complexity index is 1460. The standard InChI is InChI=1S/C21H16N4O6S/c1-3-31-19(28)15-18-25(17(27)13(32-18)8-14(26)30-2)16(23)11(9-22)21(15)10-6-4-5-7-12(10)24-20(21)29/h4-8H,3,23H2,1-2H3,(H,24,29)/b13-8-. The number of fused-ring (bicyclic) bond motifs is 3. The topological polar surface area (TPSA) is 154 Å². The first-order valence-corrected chi connectivity index (χ1v) is 10.2. The molecule has 162 valence electrons. The lowest BCUT2D eigenvalue weighted by Crippen LogP contribution is -2.50. The number of nitrogens with one attached hydrogen (secondary N) is 1. The van der Waals surface area contributed by atoms with Crippen LogP contribution in [0.1, 0.15) is 12.5 Å². The number of nitrogens with zero attached hydrogens (tertiary/aromatic N) is 2. The molecule has 0 fully saturated rings. The molecule has 32 heavy (non-hydrogen) atoms. The number of nitrogens with two attached hydrogens (primary N) is 1. The predicted molar refractivity (Wildman–Crippen MR) is 114 cm³/mol. The van der Waals surface area contributed by atoms with Crippen LogP contribution in [0.2, 0.25) is 0 Å². The molecule has 3 heterocycles. The molecular weight excluding hydrogens is 436 g/mol. The van der Waals surface area contributed by atoms with Crippen LogP contribution >= 0.6 is 11.3 Å². The maximum absolute atomic E-state index is 13.4. The van der Waals surface area contributed by atoms with Gasteiger partial charge >= 0.3 is 11.9 Å². The molecule has 1 amide bonds. The third-order valence-electron chi connectivity index (χ3n) is 5.25. The molecule has 3 N–H and O–H groups in total. The fourth-order valence-corrected chi connectivity index (χ4v) is 5.12. The molecule has 0 saturated heterocycles. The van der Waals surface area contributed by atoms with Crippen LogP contribution in [0.4, 0.5) is 5.69 Å². The van der Waals surface area contributed by atoms with E-state index in [1.54, 1.807) is 31.2 Å². The second-order valence-electron chi connectivity index (χ2n) is 6.80. The fourth-order valence-electron chi connectivity index (χ4n) is 3.96. The number of benzene rings is 1. The number of carbonyl (C=O) groups is 3. The van der Waals surface area contributed by atoms with Gasteiger partial charge in [0.2, 0.25) is 5.91 Å². The Labute approximate surface area is 184 Å². The number of carbonyl (C=O) groups excluding carboxylic acids is 3. The summed E-state index contributed by atoms with van der Waals surface area (Å²) in [6, 6.07) is 8.49. The van der Waals surface area contributed by atoms with Crippen molar-refractivity contribution in [3.05, 3.63) is 55.0 Å². The highest BCUT2D eigenvalue weighted by Gasteiger charge is 2.59. The van der Waals surface area contributed by atoms with Crippen molar-refractivity contribution in [3.8, 4) is 6.07 Å². The van der Waals surface area contributed by atoms with E-state index < -0.39 is 28.8 Å². The third-order valence-corrected chi connectivity index (χ3v) is 6.34. The SMILES string of the molecule is CCOC(=O)C1=c2s/c(=C\C(=O)OC)c(=O)n2C(N)=C(C#N)C12C(=O)Nc1ccccc12. The zero-order valence-corrected chi connectivity index (χ0v) is 17.7. The number of hydrogen-bond acceptors (Lipinski definition) is 9. The molecule has 2 aliphatic heterocycles. The van der Waals surface area contributed by atoms with E-state index in [1.165, 1.54) is 0 Å². The minimum atomic E-state index is -1.92. The molecule has 1 unspecified atom stereocenters. The summed E-state index contributed by atoms with van der Waals surface area (Å²) < 4.78 is 10.7. The van der Waals surface area contributed by atoms with E-state index in [-0.39, 0.29) is 32.8 Å². The molecule has 0 bridgehead atoms. The number of amides is 1. The molecule has 2 aromatic rings. The molecular formula is C21H16N4O6S. The Hall–Kier alpha value is -4.17. The largest absolute Gasteiger partial charge is 0.466 e. The first kappa shape index (κ1) is 21.1. The Morgan fingerprint density at radius 2 is 2.06 bits per heavy atom.